The van der Waals surface area contributed by atoms with Crippen molar-refractivity contribution in [2.45, 2.75) is 13.1 Å². The van der Waals surface area contributed by atoms with Gasteiger partial charge in [-0.05, 0) is 24.7 Å². The maximum atomic E-state index is 12.8. The van der Waals surface area contributed by atoms with E-state index in [0.29, 0.717) is 19.6 Å². The van der Waals surface area contributed by atoms with Crippen LogP contribution in [0.2, 0.25) is 0 Å². The van der Waals surface area contributed by atoms with E-state index >= 15 is 0 Å². The maximum absolute atomic E-state index is 12.8. The Morgan fingerprint density at radius 3 is 2.70 bits per heavy atom. The Balaban J connectivity index is 1.83. The van der Waals surface area contributed by atoms with Crippen LogP contribution in [-0.4, -0.2) is 44.6 Å². The number of nitrogens with zero attached hydrogens (tertiary/aromatic N) is 4. The Labute approximate surface area is 115 Å². The van der Waals surface area contributed by atoms with Crippen LogP contribution >= 0.6 is 0 Å². The second-order valence-corrected chi connectivity index (χ2v) is 4.54. The van der Waals surface area contributed by atoms with Gasteiger partial charge >= 0.3 is 5.97 Å². The van der Waals surface area contributed by atoms with Crippen molar-refractivity contribution < 1.29 is 14.3 Å². The molecule has 0 amide bonds. The molecule has 6 nitrogen and oxygen atoms in total. The molecule has 0 aliphatic rings. The van der Waals surface area contributed by atoms with Gasteiger partial charge in [0.1, 0.15) is 5.82 Å². The number of rotatable bonds is 6. The number of hydrogen-bond donors (Lipinski definition) is 1. The quantitative estimate of drug-likeness (QED) is 0.861. The largest absolute Gasteiger partial charge is 0.476 e. The van der Waals surface area contributed by atoms with Crippen molar-refractivity contribution in [1.82, 2.24) is 19.9 Å². The van der Waals surface area contributed by atoms with Crippen molar-refractivity contribution in [3.8, 4) is 0 Å². The fourth-order valence-corrected chi connectivity index (χ4v) is 1.76. The van der Waals surface area contributed by atoms with Crippen LogP contribution in [0.15, 0.2) is 30.5 Å². The molecule has 0 atom stereocenters. The van der Waals surface area contributed by atoms with Gasteiger partial charge in [0, 0.05) is 13.1 Å². The van der Waals surface area contributed by atoms with E-state index in [4.69, 9.17) is 5.11 Å². The highest BCUT2D eigenvalue weighted by Crippen LogP contribution is 2.05. The Morgan fingerprint density at radius 1 is 1.40 bits per heavy atom. The minimum absolute atomic E-state index is 0.0637. The Morgan fingerprint density at radius 2 is 2.10 bits per heavy atom. The predicted octanol–water partition coefficient (Wildman–Crippen LogP) is 1.25. The van der Waals surface area contributed by atoms with E-state index in [1.165, 1.54) is 23.0 Å². The fraction of sp³-hybridized carbons (Fsp3) is 0.308. The number of likely N-dealkylation sites (N-methyl/N-ethyl adjacent to an activating group) is 1. The molecule has 2 rings (SSSR count). The van der Waals surface area contributed by atoms with Gasteiger partial charge in [-0.3, -0.25) is 4.68 Å². The standard InChI is InChI=1S/C13H15FN4O2/c1-17(8-10-2-4-11(14)5-3-10)6-7-18-9-12(13(19)20)15-16-18/h2-5,9H,6-8H2,1H3,(H,19,20). The van der Waals surface area contributed by atoms with Crippen LogP contribution in [0.5, 0.6) is 0 Å². The normalized spacial score (nSPS) is 10.9. The molecule has 0 saturated carbocycles. The molecule has 0 fully saturated rings. The molecule has 1 aromatic heterocycles. The summed E-state index contributed by atoms with van der Waals surface area (Å²) in [5, 5.41) is 16.0. The average Bonchev–Trinajstić information content (AvgIpc) is 2.88. The highest BCUT2D eigenvalue weighted by molar-refractivity contribution is 5.84. The van der Waals surface area contributed by atoms with Crippen LogP contribution in [0.4, 0.5) is 4.39 Å². The molecular formula is C13H15FN4O2. The van der Waals surface area contributed by atoms with Crippen molar-refractivity contribution >= 4 is 5.97 Å². The second-order valence-electron chi connectivity index (χ2n) is 4.54. The summed E-state index contributed by atoms with van der Waals surface area (Å²) in [4.78, 5) is 12.7. The summed E-state index contributed by atoms with van der Waals surface area (Å²) in [5.74, 6) is -1.34. The molecule has 0 aliphatic carbocycles. The lowest BCUT2D eigenvalue weighted by Gasteiger charge is -2.16. The molecule has 0 spiro atoms. The van der Waals surface area contributed by atoms with Gasteiger partial charge in [0.25, 0.3) is 0 Å². The topological polar surface area (TPSA) is 71.2 Å². The van der Waals surface area contributed by atoms with Gasteiger partial charge in [-0.15, -0.1) is 5.10 Å². The van der Waals surface area contributed by atoms with Crippen molar-refractivity contribution in [3.05, 3.63) is 47.5 Å². The molecule has 7 heteroatoms. The van der Waals surface area contributed by atoms with E-state index in [-0.39, 0.29) is 11.5 Å². The summed E-state index contributed by atoms with van der Waals surface area (Å²) < 4.78 is 14.3. The predicted molar refractivity (Wildman–Crippen MR) is 69.7 cm³/mol. The Bertz CT molecular complexity index is 582. The number of carboxylic acids is 1. The van der Waals surface area contributed by atoms with Crippen LogP contribution in [0, 0.1) is 5.82 Å². The van der Waals surface area contributed by atoms with Gasteiger partial charge in [0.05, 0.1) is 12.7 Å². The third-order valence-electron chi connectivity index (χ3n) is 2.83. The Kier molecular flexibility index (Phi) is 4.41. The van der Waals surface area contributed by atoms with E-state index in [1.54, 1.807) is 12.1 Å². The molecule has 2 aromatic rings. The van der Waals surface area contributed by atoms with Gasteiger partial charge in [0.2, 0.25) is 0 Å². The third kappa shape index (κ3) is 3.86. The van der Waals surface area contributed by atoms with Crippen LogP contribution in [0.1, 0.15) is 16.1 Å². The number of halogens is 1. The van der Waals surface area contributed by atoms with Crippen molar-refractivity contribution in [2.75, 3.05) is 13.6 Å². The first-order chi connectivity index (χ1) is 9.54. The van der Waals surface area contributed by atoms with Gasteiger partial charge in [-0.25, -0.2) is 9.18 Å². The summed E-state index contributed by atoms with van der Waals surface area (Å²) >= 11 is 0. The monoisotopic (exact) mass is 278 g/mol. The molecule has 0 unspecified atom stereocenters. The first kappa shape index (κ1) is 14.1. The summed E-state index contributed by atoms with van der Waals surface area (Å²) in [6.07, 6.45) is 1.40. The molecule has 20 heavy (non-hydrogen) atoms. The zero-order valence-corrected chi connectivity index (χ0v) is 11.0. The SMILES string of the molecule is CN(CCn1cc(C(=O)O)nn1)Cc1ccc(F)cc1. The fourth-order valence-electron chi connectivity index (χ4n) is 1.76. The summed E-state index contributed by atoms with van der Waals surface area (Å²) in [6, 6.07) is 6.34. The number of benzene rings is 1. The van der Waals surface area contributed by atoms with E-state index in [2.05, 4.69) is 10.3 Å². The van der Waals surface area contributed by atoms with Crippen LogP contribution < -0.4 is 0 Å². The smallest absolute Gasteiger partial charge is 0.358 e. The van der Waals surface area contributed by atoms with Crippen molar-refractivity contribution in [3.63, 3.8) is 0 Å². The lowest BCUT2D eigenvalue weighted by molar-refractivity contribution is 0.0690. The average molecular weight is 278 g/mol. The molecule has 1 heterocycles. The highest BCUT2D eigenvalue weighted by Gasteiger charge is 2.08. The number of aromatic nitrogens is 3. The van der Waals surface area contributed by atoms with Gasteiger partial charge in [-0.2, -0.15) is 0 Å². The summed E-state index contributed by atoms with van der Waals surface area (Å²) in [7, 11) is 1.93. The van der Waals surface area contributed by atoms with Gasteiger partial charge < -0.3 is 10.0 Å². The minimum atomic E-state index is -1.09. The molecule has 0 bridgehead atoms. The third-order valence-corrected chi connectivity index (χ3v) is 2.83. The first-order valence-electron chi connectivity index (χ1n) is 6.11. The molecule has 0 saturated heterocycles. The van der Waals surface area contributed by atoms with Crippen molar-refractivity contribution in [1.29, 1.82) is 0 Å². The summed E-state index contributed by atoms with van der Waals surface area (Å²) in [6.45, 7) is 1.90. The zero-order chi connectivity index (χ0) is 14.5. The molecule has 1 aromatic carbocycles. The number of aromatic carboxylic acids is 1. The first-order valence-corrected chi connectivity index (χ1v) is 6.11. The van der Waals surface area contributed by atoms with Crippen LogP contribution in [0.25, 0.3) is 0 Å². The summed E-state index contributed by atoms with van der Waals surface area (Å²) in [5.41, 5.74) is 0.949. The number of carbonyl (C=O) groups is 1. The van der Waals surface area contributed by atoms with E-state index in [0.717, 1.165) is 5.56 Å². The lowest BCUT2D eigenvalue weighted by atomic mass is 10.2. The lowest BCUT2D eigenvalue weighted by Crippen LogP contribution is -2.23. The van der Waals surface area contributed by atoms with Crippen LogP contribution in [0.3, 0.4) is 0 Å². The molecule has 106 valence electrons. The number of carboxylic acid groups (broad SMARTS) is 1. The van der Waals surface area contributed by atoms with Gasteiger partial charge in [0.15, 0.2) is 5.69 Å². The number of hydrogen-bond acceptors (Lipinski definition) is 4. The van der Waals surface area contributed by atoms with Crippen molar-refractivity contribution in [2.24, 2.45) is 0 Å². The molecule has 0 radical (unpaired) electrons. The highest BCUT2D eigenvalue weighted by atomic mass is 19.1. The molecule has 1 N–H and O–H groups in total. The van der Waals surface area contributed by atoms with E-state index in [1.807, 2.05) is 11.9 Å². The second kappa shape index (κ2) is 6.25. The minimum Gasteiger partial charge on any atom is -0.476 e. The van der Waals surface area contributed by atoms with Gasteiger partial charge in [-0.1, -0.05) is 17.3 Å². The molecular weight excluding hydrogens is 263 g/mol. The zero-order valence-electron chi connectivity index (χ0n) is 11.0. The van der Waals surface area contributed by atoms with E-state index < -0.39 is 5.97 Å². The maximum Gasteiger partial charge on any atom is 0.358 e. The molecule has 0 aliphatic heterocycles. The van der Waals surface area contributed by atoms with Crippen LogP contribution in [-0.2, 0) is 13.1 Å². The van der Waals surface area contributed by atoms with E-state index in [9.17, 15) is 9.18 Å². The Hall–Kier alpha value is -2.28.